The molecule has 1 aromatic rings. The average molecular weight is 259 g/mol. The number of nitriles is 1. The van der Waals surface area contributed by atoms with E-state index < -0.39 is 11.8 Å². The van der Waals surface area contributed by atoms with Gasteiger partial charge < -0.3 is 10.6 Å². The van der Waals surface area contributed by atoms with Crippen LogP contribution in [0.3, 0.4) is 0 Å². The largest absolute Gasteiger partial charge is 0.345 e. The van der Waals surface area contributed by atoms with E-state index in [1.54, 1.807) is 6.07 Å². The fourth-order valence-corrected chi connectivity index (χ4v) is 1.59. The lowest BCUT2D eigenvalue weighted by Gasteiger charge is -2.13. The predicted octanol–water partition coefficient (Wildman–Crippen LogP) is 0.764. The Morgan fingerprint density at radius 3 is 2.58 bits per heavy atom. The summed E-state index contributed by atoms with van der Waals surface area (Å²) in [7, 11) is 0. The van der Waals surface area contributed by atoms with E-state index in [4.69, 9.17) is 5.26 Å². The van der Waals surface area contributed by atoms with Gasteiger partial charge in [0.2, 0.25) is 0 Å². The molecular weight excluding hydrogens is 242 g/mol. The molecule has 0 aromatic heterocycles. The van der Waals surface area contributed by atoms with Crippen LogP contribution in [0.2, 0.25) is 0 Å². The summed E-state index contributed by atoms with van der Waals surface area (Å²) in [6.07, 6.45) is 1.59. The summed E-state index contributed by atoms with van der Waals surface area (Å²) in [5, 5.41) is 13.1. The van der Waals surface area contributed by atoms with Crippen LogP contribution in [0.5, 0.6) is 0 Å². The van der Waals surface area contributed by atoms with Crippen LogP contribution < -0.4 is 10.6 Å². The van der Waals surface area contributed by atoms with Gasteiger partial charge in [0.25, 0.3) is 0 Å². The molecule has 0 radical (unpaired) electrons. The zero-order valence-corrected chi connectivity index (χ0v) is 10.8. The van der Waals surface area contributed by atoms with Crippen molar-refractivity contribution in [3.8, 4) is 6.07 Å². The maximum absolute atomic E-state index is 11.4. The number of rotatable bonds is 5. The Kier molecular flexibility index (Phi) is 6.10. The molecule has 0 aliphatic carbocycles. The van der Waals surface area contributed by atoms with E-state index in [1.165, 1.54) is 5.56 Å². The standard InChI is InChI=1S/C14H17N3O2/c1-11(7-8-12-5-3-2-4-6-12)17-14(19)13(18)16-10-9-15/h2-6,11H,7-8,10H2,1H3,(H,16,18)(H,17,19). The van der Waals surface area contributed by atoms with Crippen LogP contribution in [0, 0.1) is 11.3 Å². The molecule has 2 amide bonds. The molecule has 0 bridgehead atoms. The first kappa shape index (κ1) is 14.7. The molecule has 0 heterocycles. The van der Waals surface area contributed by atoms with Gasteiger partial charge in [-0.15, -0.1) is 0 Å². The second-order valence-electron chi connectivity index (χ2n) is 4.24. The maximum atomic E-state index is 11.4. The van der Waals surface area contributed by atoms with E-state index in [2.05, 4.69) is 10.6 Å². The number of amides is 2. The van der Waals surface area contributed by atoms with Crippen LogP contribution >= 0.6 is 0 Å². The third kappa shape index (κ3) is 5.68. The molecule has 1 rings (SSSR count). The number of hydrogen-bond donors (Lipinski definition) is 2. The summed E-state index contributed by atoms with van der Waals surface area (Å²) in [4.78, 5) is 22.7. The lowest BCUT2D eigenvalue weighted by Crippen LogP contribution is -2.43. The predicted molar refractivity (Wildman–Crippen MR) is 71.0 cm³/mol. The molecule has 1 unspecified atom stereocenters. The molecule has 19 heavy (non-hydrogen) atoms. The van der Waals surface area contributed by atoms with Crippen molar-refractivity contribution in [2.24, 2.45) is 0 Å². The molecule has 1 aromatic carbocycles. The molecule has 0 fully saturated rings. The lowest BCUT2D eigenvalue weighted by molar-refractivity contribution is -0.139. The number of nitrogens with one attached hydrogen (secondary N) is 2. The molecule has 0 aliphatic heterocycles. The minimum Gasteiger partial charge on any atom is -0.345 e. The summed E-state index contributed by atoms with van der Waals surface area (Å²) >= 11 is 0. The van der Waals surface area contributed by atoms with Crippen molar-refractivity contribution in [1.82, 2.24) is 10.6 Å². The molecular formula is C14H17N3O2. The smallest absolute Gasteiger partial charge is 0.310 e. The second kappa shape index (κ2) is 7.88. The van der Waals surface area contributed by atoms with Crippen molar-refractivity contribution in [2.75, 3.05) is 6.54 Å². The number of benzene rings is 1. The van der Waals surface area contributed by atoms with Crippen molar-refractivity contribution >= 4 is 11.8 Å². The number of aryl methyl sites for hydroxylation is 1. The first-order chi connectivity index (χ1) is 9.13. The SMILES string of the molecule is CC(CCc1ccccc1)NC(=O)C(=O)NCC#N. The van der Waals surface area contributed by atoms with Crippen LogP contribution in [0.25, 0.3) is 0 Å². The first-order valence-electron chi connectivity index (χ1n) is 6.13. The highest BCUT2D eigenvalue weighted by Gasteiger charge is 2.15. The number of hydrogen-bond acceptors (Lipinski definition) is 3. The number of nitrogens with zero attached hydrogens (tertiary/aromatic N) is 1. The van der Waals surface area contributed by atoms with Crippen molar-refractivity contribution in [3.63, 3.8) is 0 Å². The molecule has 5 nitrogen and oxygen atoms in total. The molecule has 0 saturated carbocycles. The quantitative estimate of drug-likeness (QED) is 0.605. The summed E-state index contributed by atoms with van der Waals surface area (Å²) in [5.74, 6) is -1.47. The number of carbonyl (C=O) groups excluding carboxylic acids is 2. The zero-order chi connectivity index (χ0) is 14.1. The van der Waals surface area contributed by atoms with Crippen LogP contribution in [0.4, 0.5) is 0 Å². The molecule has 0 saturated heterocycles. The van der Waals surface area contributed by atoms with Crippen molar-refractivity contribution < 1.29 is 9.59 Å². The van der Waals surface area contributed by atoms with Crippen molar-refractivity contribution in [3.05, 3.63) is 35.9 Å². The zero-order valence-electron chi connectivity index (χ0n) is 10.8. The van der Waals surface area contributed by atoms with Crippen molar-refractivity contribution in [2.45, 2.75) is 25.8 Å². The lowest BCUT2D eigenvalue weighted by atomic mass is 10.1. The van der Waals surface area contributed by atoms with Gasteiger partial charge in [0, 0.05) is 6.04 Å². The molecule has 2 N–H and O–H groups in total. The van der Waals surface area contributed by atoms with Crippen LogP contribution in [0.1, 0.15) is 18.9 Å². The third-order valence-electron chi connectivity index (χ3n) is 2.62. The molecule has 0 aliphatic rings. The van der Waals surface area contributed by atoms with Gasteiger partial charge >= 0.3 is 11.8 Å². The van der Waals surface area contributed by atoms with Crippen LogP contribution in [-0.4, -0.2) is 24.4 Å². The second-order valence-corrected chi connectivity index (χ2v) is 4.24. The van der Waals surface area contributed by atoms with Gasteiger partial charge in [-0.2, -0.15) is 5.26 Å². The van der Waals surface area contributed by atoms with E-state index in [9.17, 15) is 9.59 Å². The van der Waals surface area contributed by atoms with Gasteiger partial charge in [-0.3, -0.25) is 9.59 Å². The molecule has 5 heteroatoms. The summed E-state index contributed by atoms with van der Waals surface area (Å²) in [5.41, 5.74) is 1.19. The van der Waals surface area contributed by atoms with Gasteiger partial charge in [0.05, 0.1) is 6.07 Å². The average Bonchev–Trinajstić information content (AvgIpc) is 2.43. The van der Waals surface area contributed by atoms with Gasteiger partial charge in [-0.1, -0.05) is 30.3 Å². The van der Waals surface area contributed by atoms with Crippen LogP contribution in [-0.2, 0) is 16.0 Å². The Labute approximate surface area is 112 Å². The minimum atomic E-state index is -0.770. The fourth-order valence-electron chi connectivity index (χ4n) is 1.59. The van der Waals surface area contributed by atoms with Crippen LogP contribution in [0.15, 0.2) is 30.3 Å². The van der Waals surface area contributed by atoms with E-state index in [-0.39, 0.29) is 12.6 Å². The summed E-state index contributed by atoms with van der Waals surface area (Å²) < 4.78 is 0. The monoisotopic (exact) mass is 259 g/mol. The molecule has 0 spiro atoms. The molecule has 100 valence electrons. The maximum Gasteiger partial charge on any atom is 0.310 e. The van der Waals surface area contributed by atoms with Gasteiger partial charge in [-0.25, -0.2) is 0 Å². The topological polar surface area (TPSA) is 82.0 Å². The first-order valence-corrected chi connectivity index (χ1v) is 6.13. The minimum absolute atomic E-state index is 0.0967. The Hall–Kier alpha value is -2.35. The number of carbonyl (C=O) groups is 2. The highest BCUT2D eigenvalue weighted by Crippen LogP contribution is 2.04. The Bertz CT molecular complexity index is 465. The normalized spacial score (nSPS) is 11.2. The Morgan fingerprint density at radius 2 is 1.95 bits per heavy atom. The highest BCUT2D eigenvalue weighted by atomic mass is 16.2. The highest BCUT2D eigenvalue weighted by molar-refractivity contribution is 6.35. The van der Waals surface area contributed by atoms with Crippen molar-refractivity contribution in [1.29, 1.82) is 5.26 Å². The van der Waals surface area contributed by atoms with E-state index >= 15 is 0 Å². The summed E-state index contributed by atoms with van der Waals surface area (Å²) in [6.45, 7) is 1.68. The van der Waals surface area contributed by atoms with Gasteiger partial charge in [-0.05, 0) is 25.3 Å². The van der Waals surface area contributed by atoms with E-state index in [0.29, 0.717) is 0 Å². The van der Waals surface area contributed by atoms with Gasteiger partial charge in [0.1, 0.15) is 6.54 Å². The van der Waals surface area contributed by atoms with Gasteiger partial charge in [0.15, 0.2) is 0 Å². The fraction of sp³-hybridized carbons (Fsp3) is 0.357. The molecule has 1 atom stereocenters. The van der Waals surface area contributed by atoms with E-state index in [1.807, 2.05) is 37.3 Å². The van der Waals surface area contributed by atoms with E-state index in [0.717, 1.165) is 12.8 Å². The summed E-state index contributed by atoms with van der Waals surface area (Å²) in [6, 6.07) is 11.6. The third-order valence-corrected chi connectivity index (χ3v) is 2.62. The Morgan fingerprint density at radius 1 is 1.26 bits per heavy atom. The Balaban J connectivity index is 2.31.